The van der Waals surface area contributed by atoms with Crippen molar-refractivity contribution >= 4 is 10.8 Å². The number of methoxy groups -OCH3 is 2. The van der Waals surface area contributed by atoms with E-state index in [9.17, 15) is 0 Å². The lowest BCUT2D eigenvalue weighted by molar-refractivity contribution is 0.354. The van der Waals surface area contributed by atoms with Crippen LogP contribution in [-0.4, -0.2) is 19.2 Å². The standard InChI is InChI=1S/C17H14NO2/c1-19-16-8-7-13(10-17(16)20-2)15-9-12-5-3-4-6-14(12)11-18-15/h3-7,9-11H,1-2H3. The van der Waals surface area contributed by atoms with Crippen molar-refractivity contribution in [3.8, 4) is 22.8 Å². The molecule has 0 aliphatic heterocycles. The van der Waals surface area contributed by atoms with Gasteiger partial charge in [-0.2, -0.15) is 0 Å². The van der Waals surface area contributed by atoms with E-state index in [0.717, 1.165) is 22.0 Å². The Kier molecular flexibility index (Phi) is 3.25. The zero-order valence-corrected chi connectivity index (χ0v) is 11.4. The fraction of sp³-hybridized carbons (Fsp3) is 0.118. The summed E-state index contributed by atoms with van der Waals surface area (Å²) in [6, 6.07) is 17.0. The Morgan fingerprint density at radius 3 is 2.55 bits per heavy atom. The van der Waals surface area contributed by atoms with Crippen LogP contribution in [0.4, 0.5) is 0 Å². The third-order valence-electron chi connectivity index (χ3n) is 3.22. The Hall–Kier alpha value is -2.55. The Balaban J connectivity index is 2.10. The van der Waals surface area contributed by atoms with Crippen LogP contribution in [0.5, 0.6) is 11.5 Å². The van der Waals surface area contributed by atoms with Gasteiger partial charge < -0.3 is 9.47 Å². The monoisotopic (exact) mass is 264 g/mol. The van der Waals surface area contributed by atoms with Gasteiger partial charge in [0.25, 0.3) is 0 Å². The van der Waals surface area contributed by atoms with Gasteiger partial charge in [0.05, 0.1) is 19.9 Å². The normalized spacial score (nSPS) is 10.5. The van der Waals surface area contributed by atoms with E-state index < -0.39 is 0 Å². The van der Waals surface area contributed by atoms with Crippen LogP contribution in [0.1, 0.15) is 0 Å². The van der Waals surface area contributed by atoms with Gasteiger partial charge in [0.1, 0.15) is 0 Å². The largest absolute Gasteiger partial charge is 0.493 e. The summed E-state index contributed by atoms with van der Waals surface area (Å²) < 4.78 is 10.5. The number of fused-ring (bicyclic) bond motifs is 1. The smallest absolute Gasteiger partial charge is 0.168 e. The minimum absolute atomic E-state index is 0.594. The predicted molar refractivity (Wildman–Crippen MR) is 79.1 cm³/mol. The lowest BCUT2D eigenvalue weighted by Gasteiger charge is -2.09. The average molecular weight is 264 g/mol. The third kappa shape index (κ3) is 2.18. The molecule has 0 atom stereocenters. The molecule has 0 fully saturated rings. The molecular weight excluding hydrogens is 250 g/mol. The molecule has 0 saturated carbocycles. The van der Waals surface area contributed by atoms with E-state index in [1.54, 1.807) is 14.2 Å². The van der Waals surface area contributed by atoms with Crippen LogP contribution in [0.3, 0.4) is 0 Å². The number of ether oxygens (including phenoxy) is 2. The lowest BCUT2D eigenvalue weighted by atomic mass is 10.1. The summed E-state index contributed by atoms with van der Waals surface area (Å²) in [5.41, 5.74) is 1.84. The van der Waals surface area contributed by atoms with Gasteiger partial charge in [0, 0.05) is 23.2 Å². The fourth-order valence-corrected chi connectivity index (χ4v) is 2.16. The highest BCUT2D eigenvalue weighted by atomic mass is 16.5. The summed E-state index contributed by atoms with van der Waals surface area (Å²) in [5.74, 6) is 1.25. The van der Waals surface area contributed by atoms with Crippen molar-refractivity contribution in [2.45, 2.75) is 0 Å². The van der Waals surface area contributed by atoms with E-state index in [4.69, 9.17) is 9.47 Å². The van der Waals surface area contributed by atoms with Gasteiger partial charge in [-0.25, -0.2) is 0 Å². The van der Waals surface area contributed by atoms with Gasteiger partial charge in [-0.1, -0.05) is 24.3 Å². The van der Waals surface area contributed by atoms with Gasteiger partial charge in [0.2, 0.25) is 0 Å². The van der Waals surface area contributed by atoms with E-state index in [1.165, 1.54) is 0 Å². The molecule has 20 heavy (non-hydrogen) atoms. The molecule has 0 saturated heterocycles. The molecule has 0 N–H and O–H groups in total. The summed E-state index contributed by atoms with van der Waals surface area (Å²) >= 11 is 0. The van der Waals surface area contributed by atoms with Crippen LogP contribution in [0.2, 0.25) is 0 Å². The first-order valence-corrected chi connectivity index (χ1v) is 6.30. The maximum Gasteiger partial charge on any atom is 0.168 e. The molecule has 0 unspecified atom stereocenters. The maximum absolute atomic E-state index is 5.30. The number of aromatic nitrogens is 1. The van der Waals surface area contributed by atoms with Crippen molar-refractivity contribution in [2.75, 3.05) is 14.2 Å². The predicted octanol–water partition coefficient (Wildman–Crippen LogP) is 3.72. The summed E-state index contributed by atoms with van der Waals surface area (Å²) in [6.45, 7) is 0. The summed E-state index contributed by atoms with van der Waals surface area (Å²) in [5, 5.41) is 2.29. The number of hydrogen-bond acceptors (Lipinski definition) is 3. The Bertz CT molecular complexity index is 753. The maximum atomic E-state index is 5.30. The average Bonchev–Trinajstić information content (AvgIpc) is 2.53. The van der Waals surface area contributed by atoms with Gasteiger partial charge in [0.15, 0.2) is 11.5 Å². The first kappa shape index (κ1) is 12.5. The highest BCUT2D eigenvalue weighted by molar-refractivity contribution is 5.85. The van der Waals surface area contributed by atoms with E-state index in [0.29, 0.717) is 11.5 Å². The highest BCUT2D eigenvalue weighted by Gasteiger charge is 2.08. The van der Waals surface area contributed by atoms with Crippen LogP contribution in [0.15, 0.2) is 48.7 Å². The second-order valence-electron chi connectivity index (χ2n) is 4.41. The van der Waals surface area contributed by atoms with Gasteiger partial charge in [-0.05, 0) is 23.6 Å². The zero-order valence-electron chi connectivity index (χ0n) is 11.4. The molecule has 2 aromatic carbocycles. The van der Waals surface area contributed by atoms with Crippen molar-refractivity contribution in [1.29, 1.82) is 0 Å². The van der Waals surface area contributed by atoms with Gasteiger partial charge in [-0.15, -0.1) is 0 Å². The first-order valence-electron chi connectivity index (χ1n) is 6.30. The SMILES string of the molecule is COc1[c]cc(-c2cc3ccccc3cn2)cc1OC. The molecule has 0 amide bonds. The highest BCUT2D eigenvalue weighted by Crippen LogP contribution is 2.31. The minimum Gasteiger partial charge on any atom is -0.493 e. The first-order chi connectivity index (χ1) is 9.81. The fourth-order valence-electron chi connectivity index (χ4n) is 2.16. The number of pyridine rings is 1. The summed E-state index contributed by atoms with van der Waals surface area (Å²) in [7, 11) is 3.21. The Morgan fingerprint density at radius 2 is 1.80 bits per heavy atom. The van der Waals surface area contributed by atoms with Crippen molar-refractivity contribution in [3.63, 3.8) is 0 Å². The molecule has 3 heteroatoms. The molecule has 3 aromatic rings. The van der Waals surface area contributed by atoms with Gasteiger partial charge in [-0.3, -0.25) is 4.98 Å². The number of rotatable bonds is 3. The molecule has 3 nitrogen and oxygen atoms in total. The minimum atomic E-state index is 0.594. The van der Waals surface area contributed by atoms with E-state index in [-0.39, 0.29) is 0 Å². The van der Waals surface area contributed by atoms with Crippen molar-refractivity contribution in [3.05, 3.63) is 54.7 Å². The molecule has 99 valence electrons. The van der Waals surface area contributed by atoms with Crippen molar-refractivity contribution < 1.29 is 9.47 Å². The van der Waals surface area contributed by atoms with E-state index >= 15 is 0 Å². The third-order valence-corrected chi connectivity index (χ3v) is 3.22. The second-order valence-corrected chi connectivity index (χ2v) is 4.41. The molecule has 0 bridgehead atoms. The quantitative estimate of drug-likeness (QED) is 0.722. The van der Waals surface area contributed by atoms with Crippen LogP contribution >= 0.6 is 0 Å². The molecule has 3 rings (SSSR count). The number of benzene rings is 2. The summed E-state index contributed by atoms with van der Waals surface area (Å²) in [4.78, 5) is 4.49. The lowest BCUT2D eigenvalue weighted by Crippen LogP contribution is -1.92. The molecule has 1 heterocycles. The molecule has 1 radical (unpaired) electrons. The van der Waals surface area contributed by atoms with Crippen molar-refractivity contribution in [1.82, 2.24) is 4.98 Å². The van der Waals surface area contributed by atoms with E-state index in [1.807, 2.05) is 36.5 Å². The molecule has 0 aliphatic rings. The van der Waals surface area contributed by atoms with E-state index in [2.05, 4.69) is 23.2 Å². The molecule has 0 spiro atoms. The number of nitrogens with zero attached hydrogens (tertiary/aromatic N) is 1. The topological polar surface area (TPSA) is 31.4 Å². The van der Waals surface area contributed by atoms with Crippen LogP contribution in [0, 0.1) is 6.07 Å². The van der Waals surface area contributed by atoms with Crippen LogP contribution < -0.4 is 9.47 Å². The Morgan fingerprint density at radius 1 is 1.00 bits per heavy atom. The van der Waals surface area contributed by atoms with Crippen LogP contribution in [-0.2, 0) is 0 Å². The number of hydrogen-bond donors (Lipinski definition) is 0. The second kappa shape index (κ2) is 5.21. The zero-order chi connectivity index (χ0) is 13.9. The Labute approximate surface area is 117 Å². The van der Waals surface area contributed by atoms with Crippen molar-refractivity contribution in [2.24, 2.45) is 0 Å². The molecule has 1 aromatic heterocycles. The molecular formula is C17H14NO2. The molecule has 0 aliphatic carbocycles. The van der Waals surface area contributed by atoms with Gasteiger partial charge >= 0.3 is 0 Å². The van der Waals surface area contributed by atoms with Crippen LogP contribution in [0.25, 0.3) is 22.0 Å². The summed E-state index contributed by atoms with van der Waals surface area (Å²) in [6.07, 6.45) is 1.88.